The Bertz CT molecular complexity index is 2440. The summed E-state index contributed by atoms with van der Waals surface area (Å²) in [5.74, 6) is -5.86. The molecule has 0 unspecified atom stereocenters. The Morgan fingerprint density at radius 1 is 0.984 bits per heavy atom. The van der Waals surface area contributed by atoms with E-state index in [1.165, 1.54) is 16.9 Å². The number of alkyl halides is 2. The highest BCUT2D eigenvalue weighted by Crippen LogP contribution is 2.67. The molecule has 2 N–H and O–H groups in total. The molecule has 8 rings (SSSR count). The number of nitrogens with zero attached hydrogens (tertiary/aromatic N) is 4. The van der Waals surface area contributed by atoms with Crippen molar-refractivity contribution < 1.29 is 45.9 Å². The normalized spacial score (nSPS) is 28.2. The third kappa shape index (κ3) is 9.34. The van der Waals surface area contributed by atoms with Gasteiger partial charge in [0.2, 0.25) is 27.7 Å². The first-order valence-electron chi connectivity index (χ1n) is 22.0. The zero-order valence-corrected chi connectivity index (χ0v) is 36.4. The van der Waals surface area contributed by atoms with Crippen LogP contribution in [0.1, 0.15) is 101 Å². The van der Waals surface area contributed by atoms with E-state index in [1.807, 2.05) is 19.1 Å². The highest BCUT2D eigenvalue weighted by Gasteiger charge is 2.69. The van der Waals surface area contributed by atoms with Crippen molar-refractivity contribution in [3.05, 3.63) is 66.4 Å². The number of likely N-dealkylation sites (tertiary alicyclic amines) is 1. The van der Waals surface area contributed by atoms with Crippen molar-refractivity contribution in [1.82, 2.24) is 29.8 Å². The van der Waals surface area contributed by atoms with Gasteiger partial charge >= 0.3 is 0 Å². The number of sulfonamides is 1. The minimum Gasteiger partial charge on any atom is -0.497 e. The highest BCUT2D eigenvalue weighted by molar-refractivity contribution is 7.90. The van der Waals surface area contributed by atoms with E-state index in [4.69, 9.17) is 9.72 Å². The zero-order chi connectivity index (χ0) is 44.7. The Labute approximate surface area is 365 Å². The molecule has 5 aliphatic rings. The van der Waals surface area contributed by atoms with Crippen LogP contribution in [-0.2, 0) is 29.2 Å². The van der Waals surface area contributed by atoms with Gasteiger partial charge in [-0.05, 0) is 81.3 Å². The summed E-state index contributed by atoms with van der Waals surface area (Å²) < 4.78 is 62.0. The molecule has 63 heavy (non-hydrogen) atoms. The lowest BCUT2D eigenvalue weighted by Crippen LogP contribution is -2.48. The number of hydrogen-bond donors (Lipinski definition) is 2. The van der Waals surface area contributed by atoms with Gasteiger partial charge in [-0.1, -0.05) is 38.0 Å². The van der Waals surface area contributed by atoms with Gasteiger partial charge < -0.3 is 19.9 Å². The number of pyridine rings is 2. The number of ketones is 1. The van der Waals surface area contributed by atoms with Gasteiger partial charge in [0, 0.05) is 74.3 Å². The smallest absolute Gasteiger partial charge is 0.252 e. The van der Waals surface area contributed by atoms with Crippen LogP contribution in [0, 0.1) is 16.7 Å². The van der Waals surface area contributed by atoms with Crippen molar-refractivity contribution in [2.45, 2.75) is 114 Å². The molecule has 2 saturated heterocycles. The zero-order valence-electron chi connectivity index (χ0n) is 35.6. The van der Waals surface area contributed by atoms with Crippen LogP contribution in [-0.4, -0.2) is 108 Å². The van der Waals surface area contributed by atoms with Gasteiger partial charge in [-0.25, -0.2) is 22.2 Å². The molecule has 5 heterocycles. The van der Waals surface area contributed by atoms with Gasteiger partial charge in [0.15, 0.2) is 5.78 Å². The standard InChI is InChI=1S/C46H54F2N6O8S/c1-44-16-8-5-3-4-6-10-29(22-40(56)53-20-17-46(47,48)18-21-53)42(58)54-27-30(23-38(54)39(55)26-45(44,28-44)43(59)52-63(60,61)32-13-14-32)50-41(57)34-25-37(36-11-7-9-19-49-36)51-35-15-12-31(62-2)24-33(34)35/h7-9,11-12,15-16,19,24-25,29-30,32,38H,3-6,10,13-14,17-18,20-23,26-28H2,1-2H3,(H,50,57)(H,52,59)/b16-8-/t29-,30-,38+,44-,45-/m1/s1. The number of allylic oxidation sites excluding steroid dienone is 2. The van der Waals surface area contributed by atoms with E-state index in [-0.39, 0.29) is 50.9 Å². The van der Waals surface area contributed by atoms with E-state index in [2.05, 4.69) is 15.0 Å². The topological polar surface area (TPSA) is 185 Å². The third-order valence-corrected chi connectivity index (χ3v) is 15.6. The summed E-state index contributed by atoms with van der Waals surface area (Å²) in [4.78, 5) is 83.9. The maximum Gasteiger partial charge on any atom is 0.252 e. The van der Waals surface area contributed by atoms with Gasteiger partial charge in [-0.2, -0.15) is 0 Å². The maximum absolute atomic E-state index is 14.9. The fourth-order valence-electron chi connectivity index (χ4n) is 9.65. The molecule has 4 fully saturated rings. The maximum atomic E-state index is 14.9. The molecule has 1 aromatic carbocycles. The van der Waals surface area contributed by atoms with E-state index in [0.29, 0.717) is 66.6 Å². The van der Waals surface area contributed by atoms with Crippen molar-refractivity contribution in [1.29, 1.82) is 0 Å². The lowest BCUT2D eigenvalue weighted by molar-refractivity contribution is -0.147. The molecule has 2 saturated carbocycles. The number of Topliss-reactive ketones (excluding diaryl/α,β-unsaturated/α-hetero) is 1. The number of amides is 4. The predicted molar refractivity (Wildman–Crippen MR) is 229 cm³/mol. The Balaban J connectivity index is 1.12. The molecule has 336 valence electrons. The number of piperidine rings is 1. The molecule has 2 aromatic heterocycles. The van der Waals surface area contributed by atoms with E-state index in [9.17, 15) is 41.2 Å². The van der Waals surface area contributed by atoms with Crippen LogP contribution in [0.4, 0.5) is 8.78 Å². The first-order chi connectivity index (χ1) is 30.0. The number of ether oxygens (including phenoxy) is 1. The van der Waals surface area contributed by atoms with Gasteiger partial charge in [-0.15, -0.1) is 0 Å². The molecule has 0 bridgehead atoms. The van der Waals surface area contributed by atoms with Crippen LogP contribution in [0.25, 0.3) is 22.3 Å². The molecular formula is C46H54F2N6O8S. The van der Waals surface area contributed by atoms with Crippen molar-refractivity contribution in [2.24, 2.45) is 16.7 Å². The summed E-state index contributed by atoms with van der Waals surface area (Å²) in [6.07, 6.45) is 8.07. The quantitative estimate of drug-likeness (QED) is 0.251. The van der Waals surface area contributed by atoms with Gasteiger partial charge in [-0.3, -0.25) is 33.7 Å². The summed E-state index contributed by atoms with van der Waals surface area (Å²) in [5, 5.41) is 2.90. The fourth-order valence-corrected chi connectivity index (χ4v) is 11.0. The van der Waals surface area contributed by atoms with Gasteiger partial charge in [0.05, 0.1) is 46.3 Å². The molecule has 3 aliphatic heterocycles. The largest absolute Gasteiger partial charge is 0.497 e. The predicted octanol–water partition coefficient (Wildman–Crippen LogP) is 5.75. The van der Waals surface area contributed by atoms with Crippen LogP contribution in [0.5, 0.6) is 5.75 Å². The molecule has 17 heteroatoms. The Hall–Kier alpha value is -5.32. The number of methoxy groups -OCH3 is 1. The van der Waals surface area contributed by atoms with Crippen molar-refractivity contribution in [2.75, 3.05) is 26.7 Å². The van der Waals surface area contributed by atoms with E-state index in [0.717, 1.165) is 6.42 Å². The second-order valence-corrected chi connectivity index (χ2v) is 20.2. The summed E-state index contributed by atoms with van der Waals surface area (Å²) in [6.45, 7) is 1.49. The summed E-state index contributed by atoms with van der Waals surface area (Å²) in [6, 6.07) is 10.3. The Morgan fingerprint density at radius 2 is 1.76 bits per heavy atom. The van der Waals surface area contributed by atoms with Crippen LogP contribution in [0.15, 0.2) is 60.8 Å². The molecule has 4 amide bonds. The highest BCUT2D eigenvalue weighted by atomic mass is 32.2. The summed E-state index contributed by atoms with van der Waals surface area (Å²) in [5.41, 5.74) is -0.487. The molecular weight excluding hydrogens is 835 g/mol. The van der Waals surface area contributed by atoms with Gasteiger partial charge in [0.25, 0.3) is 11.8 Å². The van der Waals surface area contributed by atoms with Gasteiger partial charge in [0.1, 0.15) is 5.75 Å². The third-order valence-electron chi connectivity index (χ3n) is 13.8. The van der Waals surface area contributed by atoms with E-state index >= 15 is 0 Å². The summed E-state index contributed by atoms with van der Waals surface area (Å²) >= 11 is 0. The molecule has 5 atom stereocenters. The van der Waals surface area contributed by atoms with Crippen molar-refractivity contribution in [3.63, 3.8) is 0 Å². The van der Waals surface area contributed by atoms with E-state index in [1.54, 1.807) is 48.7 Å². The first kappa shape index (κ1) is 44.3. The second kappa shape index (κ2) is 17.3. The Morgan fingerprint density at radius 3 is 2.48 bits per heavy atom. The summed E-state index contributed by atoms with van der Waals surface area (Å²) in [7, 11) is -2.44. The van der Waals surface area contributed by atoms with Crippen molar-refractivity contribution in [3.8, 4) is 17.1 Å². The number of hydrogen-bond acceptors (Lipinski definition) is 10. The number of aromatic nitrogens is 2. The lowest BCUT2D eigenvalue weighted by Gasteiger charge is -2.33. The molecule has 14 nitrogen and oxygen atoms in total. The van der Waals surface area contributed by atoms with Crippen LogP contribution < -0.4 is 14.8 Å². The minimum absolute atomic E-state index is 0.0117. The molecule has 2 aliphatic carbocycles. The number of halogens is 2. The van der Waals surface area contributed by atoms with E-state index < -0.39 is 92.3 Å². The van der Waals surface area contributed by atoms with Crippen molar-refractivity contribution >= 4 is 50.3 Å². The number of benzene rings is 1. The second-order valence-electron chi connectivity index (χ2n) is 18.2. The number of carbonyl (C=O) groups excluding carboxylic acids is 5. The average Bonchev–Trinajstić information content (AvgIpc) is 4.17. The lowest BCUT2D eigenvalue weighted by atomic mass is 9.85. The van der Waals surface area contributed by atoms with Crippen LogP contribution in [0.3, 0.4) is 0 Å². The number of carbonyl (C=O) groups is 5. The SMILES string of the molecule is COc1ccc2nc(-c3ccccn3)cc(C(=O)N[C@@H]3C[C@H]4C(=O)C[C@]5(C(=O)NS(=O)(=O)C6CC6)C[C@@]5(C)/C=C\CCCCC[C@H](CC(=O)N5CCC(F)(F)CC5)C(=O)N4C3)c2c1. The molecule has 0 radical (unpaired) electrons. The molecule has 3 aromatic rings. The Kier molecular flexibility index (Phi) is 12.2. The first-order valence-corrected chi connectivity index (χ1v) is 23.5. The van der Waals surface area contributed by atoms with Crippen LogP contribution >= 0.6 is 0 Å². The number of nitrogens with one attached hydrogen (secondary N) is 2. The van der Waals surface area contributed by atoms with Crippen LogP contribution in [0.2, 0.25) is 0 Å². The average molecular weight is 889 g/mol. The monoisotopic (exact) mass is 888 g/mol. The fraction of sp³-hybridized carbons (Fsp3) is 0.543. The molecule has 0 spiro atoms. The minimum atomic E-state index is -3.95. The number of rotatable bonds is 9. The number of fused-ring (bicyclic) bond motifs is 3.